The van der Waals surface area contributed by atoms with Crippen LogP contribution in [0.1, 0.15) is 28.1 Å². The summed E-state index contributed by atoms with van der Waals surface area (Å²) in [5.74, 6) is 5.60. The molecule has 0 saturated heterocycles. The Bertz CT molecular complexity index is 431. The minimum Gasteiger partial charge on any atom is -0.395 e. The number of rotatable bonds is 6. The van der Waals surface area contributed by atoms with Gasteiger partial charge in [0.15, 0.2) is 0 Å². The molecule has 98 valence electrons. The molecule has 1 amide bonds. The van der Waals surface area contributed by atoms with Crippen molar-refractivity contribution in [3.63, 3.8) is 0 Å². The highest BCUT2D eigenvalue weighted by molar-refractivity contribution is 7.12. The Hall–Kier alpha value is -1.35. The molecule has 0 aliphatic heterocycles. The summed E-state index contributed by atoms with van der Waals surface area (Å²) >= 11 is 1.37. The van der Waals surface area contributed by atoms with Gasteiger partial charge in [-0.15, -0.1) is 11.3 Å². The molecule has 5 heteroatoms. The summed E-state index contributed by atoms with van der Waals surface area (Å²) in [6.07, 6.45) is 1.21. The summed E-state index contributed by atoms with van der Waals surface area (Å²) in [6.45, 7) is 1.26. The number of amides is 1. The van der Waals surface area contributed by atoms with Gasteiger partial charge in [-0.2, -0.15) is 0 Å². The van der Waals surface area contributed by atoms with Crippen molar-refractivity contribution in [1.29, 1.82) is 0 Å². The van der Waals surface area contributed by atoms with Gasteiger partial charge in [-0.3, -0.25) is 4.79 Å². The Morgan fingerprint density at radius 2 is 2.44 bits per heavy atom. The molecule has 0 bridgehead atoms. The van der Waals surface area contributed by atoms with E-state index in [4.69, 9.17) is 9.84 Å². The number of ether oxygens (including phenoxy) is 1. The molecule has 18 heavy (non-hydrogen) atoms. The number of aliphatic hydroxyl groups is 1. The highest BCUT2D eigenvalue weighted by atomic mass is 32.1. The first-order valence-electron chi connectivity index (χ1n) is 5.74. The number of carbonyl (C=O) groups excluding carboxylic acids is 1. The van der Waals surface area contributed by atoms with E-state index in [1.54, 1.807) is 7.11 Å². The van der Waals surface area contributed by atoms with Gasteiger partial charge in [0.2, 0.25) is 0 Å². The van der Waals surface area contributed by atoms with Crippen LogP contribution in [0.2, 0.25) is 0 Å². The fraction of sp³-hybridized carbons (Fsp3) is 0.462. The molecule has 0 aliphatic carbocycles. The molecule has 2 N–H and O–H groups in total. The smallest absolute Gasteiger partial charge is 0.262 e. The van der Waals surface area contributed by atoms with Gasteiger partial charge < -0.3 is 15.2 Å². The molecule has 0 saturated carbocycles. The van der Waals surface area contributed by atoms with Gasteiger partial charge in [0.1, 0.15) is 4.88 Å². The van der Waals surface area contributed by atoms with E-state index >= 15 is 0 Å². The minimum absolute atomic E-state index is 0.0374. The molecule has 1 aromatic rings. The van der Waals surface area contributed by atoms with Gasteiger partial charge in [-0.1, -0.05) is 11.8 Å². The van der Waals surface area contributed by atoms with Gasteiger partial charge in [0.05, 0.1) is 6.61 Å². The lowest BCUT2D eigenvalue weighted by Gasteiger charge is -2.03. The molecule has 0 aliphatic rings. The fourth-order valence-electron chi connectivity index (χ4n) is 1.30. The maximum absolute atomic E-state index is 11.9. The van der Waals surface area contributed by atoms with Gasteiger partial charge in [-0.05, 0) is 17.9 Å². The van der Waals surface area contributed by atoms with E-state index in [1.807, 2.05) is 11.4 Å². The molecule has 0 radical (unpaired) electrons. The number of methoxy groups -OCH3 is 1. The van der Waals surface area contributed by atoms with Crippen molar-refractivity contribution in [3.05, 3.63) is 21.9 Å². The van der Waals surface area contributed by atoms with Crippen molar-refractivity contribution >= 4 is 17.2 Å². The van der Waals surface area contributed by atoms with Gasteiger partial charge in [0, 0.05) is 32.2 Å². The highest BCUT2D eigenvalue weighted by Crippen LogP contribution is 2.15. The van der Waals surface area contributed by atoms with E-state index in [1.165, 1.54) is 11.3 Å². The van der Waals surface area contributed by atoms with Crippen LogP contribution in [0.5, 0.6) is 0 Å². The third-order valence-corrected chi connectivity index (χ3v) is 3.06. The SMILES string of the molecule is COCCCNC(=O)c1sccc1C#CCCO. The Labute approximate surface area is 111 Å². The van der Waals surface area contributed by atoms with E-state index in [0.29, 0.717) is 24.4 Å². The Morgan fingerprint density at radius 3 is 3.17 bits per heavy atom. The van der Waals surface area contributed by atoms with E-state index in [9.17, 15) is 4.79 Å². The molecule has 0 fully saturated rings. The van der Waals surface area contributed by atoms with Crippen molar-refractivity contribution in [1.82, 2.24) is 5.32 Å². The van der Waals surface area contributed by atoms with Crippen LogP contribution in [0.25, 0.3) is 0 Å². The molecule has 1 rings (SSSR count). The van der Waals surface area contributed by atoms with E-state index < -0.39 is 0 Å². The second-order valence-electron chi connectivity index (χ2n) is 3.54. The van der Waals surface area contributed by atoms with Crippen molar-refractivity contribution in [2.45, 2.75) is 12.8 Å². The lowest BCUT2D eigenvalue weighted by molar-refractivity contribution is 0.0952. The van der Waals surface area contributed by atoms with Crippen LogP contribution >= 0.6 is 11.3 Å². The Balaban J connectivity index is 2.53. The van der Waals surface area contributed by atoms with Crippen LogP contribution in [0.4, 0.5) is 0 Å². The topological polar surface area (TPSA) is 58.6 Å². The third kappa shape index (κ3) is 4.88. The second-order valence-corrected chi connectivity index (χ2v) is 4.46. The van der Waals surface area contributed by atoms with Crippen molar-refractivity contribution in [2.75, 3.05) is 26.9 Å². The van der Waals surface area contributed by atoms with E-state index in [0.717, 1.165) is 12.0 Å². The lowest BCUT2D eigenvalue weighted by Crippen LogP contribution is -2.24. The van der Waals surface area contributed by atoms with Crippen LogP contribution in [0, 0.1) is 11.8 Å². The second kappa shape index (κ2) is 8.70. The molecule has 1 aromatic heterocycles. The highest BCUT2D eigenvalue weighted by Gasteiger charge is 2.10. The summed E-state index contributed by atoms with van der Waals surface area (Å²) in [6, 6.07) is 1.82. The first-order chi connectivity index (χ1) is 8.79. The number of nitrogens with one attached hydrogen (secondary N) is 1. The lowest BCUT2D eigenvalue weighted by atomic mass is 10.2. The van der Waals surface area contributed by atoms with Gasteiger partial charge >= 0.3 is 0 Å². The Kier molecular flexibility index (Phi) is 7.11. The molecular formula is C13H17NO3S. The van der Waals surface area contributed by atoms with Crippen molar-refractivity contribution < 1.29 is 14.6 Å². The van der Waals surface area contributed by atoms with Crippen LogP contribution in [0.15, 0.2) is 11.4 Å². The molecular weight excluding hydrogens is 250 g/mol. The van der Waals surface area contributed by atoms with Crippen LogP contribution in [0.3, 0.4) is 0 Å². The molecule has 0 spiro atoms. The first-order valence-corrected chi connectivity index (χ1v) is 6.62. The summed E-state index contributed by atoms with van der Waals surface area (Å²) in [5.41, 5.74) is 0.720. The van der Waals surface area contributed by atoms with Crippen LogP contribution in [-0.2, 0) is 4.74 Å². The Morgan fingerprint density at radius 1 is 1.61 bits per heavy atom. The average Bonchev–Trinajstić information content (AvgIpc) is 2.83. The molecule has 0 unspecified atom stereocenters. The summed E-state index contributed by atoms with van der Waals surface area (Å²) < 4.78 is 4.91. The van der Waals surface area contributed by atoms with Crippen molar-refractivity contribution in [3.8, 4) is 11.8 Å². The fourth-order valence-corrected chi connectivity index (χ4v) is 2.06. The zero-order valence-electron chi connectivity index (χ0n) is 10.4. The molecule has 1 heterocycles. The maximum Gasteiger partial charge on any atom is 0.262 e. The summed E-state index contributed by atoms with van der Waals surface area (Å²) in [5, 5.41) is 13.3. The molecule has 0 aromatic carbocycles. The van der Waals surface area contributed by atoms with Gasteiger partial charge in [-0.25, -0.2) is 0 Å². The molecule has 0 atom stereocenters. The monoisotopic (exact) mass is 267 g/mol. The number of aliphatic hydroxyl groups excluding tert-OH is 1. The van der Waals surface area contributed by atoms with Crippen LogP contribution < -0.4 is 5.32 Å². The summed E-state index contributed by atoms with van der Waals surface area (Å²) in [7, 11) is 1.63. The van der Waals surface area contributed by atoms with Crippen molar-refractivity contribution in [2.24, 2.45) is 0 Å². The largest absolute Gasteiger partial charge is 0.395 e. The minimum atomic E-state index is -0.102. The number of carbonyl (C=O) groups is 1. The standard InChI is InChI=1S/C13H17NO3S/c1-17-9-4-7-14-13(16)12-11(6-10-18-12)5-2-3-8-15/h6,10,15H,3-4,7-9H2,1H3,(H,14,16). The quantitative estimate of drug-likeness (QED) is 0.602. The maximum atomic E-state index is 11.9. The predicted octanol–water partition coefficient (Wildman–Crippen LogP) is 1.25. The average molecular weight is 267 g/mol. The van der Waals surface area contributed by atoms with Gasteiger partial charge in [0.25, 0.3) is 5.91 Å². The number of hydrogen-bond acceptors (Lipinski definition) is 4. The zero-order chi connectivity index (χ0) is 13.2. The number of thiophene rings is 1. The van der Waals surface area contributed by atoms with E-state index in [2.05, 4.69) is 17.2 Å². The van der Waals surface area contributed by atoms with Crippen LogP contribution in [-0.4, -0.2) is 37.9 Å². The first kappa shape index (κ1) is 14.7. The normalized spacial score (nSPS) is 9.67. The third-order valence-electron chi connectivity index (χ3n) is 2.14. The number of hydrogen-bond donors (Lipinski definition) is 2. The van der Waals surface area contributed by atoms with E-state index in [-0.39, 0.29) is 12.5 Å². The molecule has 4 nitrogen and oxygen atoms in total. The predicted molar refractivity (Wildman–Crippen MR) is 71.7 cm³/mol. The summed E-state index contributed by atoms with van der Waals surface area (Å²) in [4.78, 5) is 12.5. The zero-order valence-corrected chi connectivity index (χ0v) is 11.2.